The van der Waals surface area contributed by atoms with Gasteiger partial charge in [-0.1, -0.05) is 42.5 Å². The van der Waals surface area contributed by atoms with Gasteiger partial charge in [0.25, 0.3) is 0 Å². The summed E-state index contributed by atoms with van der Waals surface area (Å²) in [7, 11) is 1.65. The predicted molar refractivity (Wildman–Crippen MR) is 98.0 cm³/mol. The third kappa shape index (κ3) is 3.17. The van der Waals surface area contributed by atoms with Gasteiger partial charge in [0.15, 0.2) is 0 Å². The van der Waals surface area contributed by atoms with E-state index in [0.717, 1.165) is 5.56 Å². The van der Waals surface area contributed by atoms with Crippen LogP contribution in [-0.2, 0) is 13.7 Å². The zero-order chi connectivity index (χ0) is 18.7. The molecule has 3 rings (SSSR count). The minimum absolute atomic E-state index is 0.108. The van der Waals surface area contributed by atoms with Crippen LogP contribution in [0.1, 0.15) is 27.3 Å². The first kappa shape index (κ1) is 17.3. The number of hydrogen-bond acceptors (Lipinski definition) is 3. The average molecular weight is 346 g/mol. The van der Waals surface area contributed by atoms with E-state index in [1.54, 1.807) is 38.2 Å². The number of ether oxygens (including phenoxy) is 1. The van der Waals surface area contributed by atoms with Crippen molar-refractivity contribution >= 4 is 5.97 Å². The Morgan fingerprint density at radius 2 is 1.81 bits per heavy atom. The number of carbonyl (C=O) groups is 1. The van der Waals surface area contributed by atoms with E-state index in [0.29, 0.717) is 34.7 Å². The number of carboxylic acid groups (broad SMARTS) is 1. The van der Waals surface area contributed by atoms with Crippen LogP contribution in [0.15, 0.2) is 54.6 Å². The number of benzene rings is 2. The highest BCUT2D eigenvalue weighted by Gasteiger charge is 2.24. The summed E-state index contributed by atoms with van der Waals surface area (Å²) in [6.45, 7) is 2.19. The van der Waals surface area contributed by atoms with Gasteiger partial charge in [-0.2, -0.15) is 5.26 Å². The molecular weight excluding hydrogens is 328 g/mol. The highest BCUT2D eigenvalue weighted by atomic mass is 16.5. The maximum atomic E-state index is 11.7. The molecule has 26 heavy (non-hydrogen) atoms. The van der Waals surface area contributed by atoms with Crippen molar-refractivity contribution in [1.29, 1.82) is 5.26 Å². The molecule has 0 saturated carbocycles. The summed E-state index contributed by atoms with van der Waals surface area (Å²) in [6, 6.07) is 19.1. The standard InChI is InChI=1S/C21H18N2O3/c1-14-18(12-22)19(20(21(24)25)23(14)2)16-8-10-17(11-9-16)26-13-15-6-4-3-5-7-15/h3-11H,13H2,1-2H3,(H,24,25). The van der Waals surface area contributed by atoms with Crippen molar-refractivity contribution < 1.29 is 14.6 Å². The molecule has 0 amide bonds. The minimum atomic E-state index is -1.06. The van der Waals surface area contributed by atoms with Crippen molar-refractivity contribution in [1.82, 2.24) is 4.57 Å². The Hall–Kier alpha value is -3.52. The SMILES string of the molecule is Cc1c(C#N)c(-c2ccc(OCc3ccccc3)cc2)c(C(=O)O)n1C. The van der Waals surface area contributed by atoms with Gasteiger partial charge < -0.3 is 14.4 Å². The summed E-state index contributed by atoms with van der Waals surface area (Å²) in [5, 5.41) is 19.0. The molecule has 0 saturated heterocycles. The molecule has 0 aliphatic rings. The molecule has 1 aromatic heterocycles. The molecule has 0 radical (unpaired) electrons. The normalized spacial score (nSPS) is 10.3. The van der Waals surface area contributed by atoms with E-state index in [9.17, 15) is 15.2 Å². The van der Waals surface area contributed by atoms with E-state index in [2.05, 4.69) is 6.07 Å². The lowest BCUT2D eigenvalue weighted by molar-refractivity contribution is 0.0687. The summed E-state index contributed by atoms with van der Waals surface area (Å²) in [5.41, 5.74) is 3.30. The summed E-state index contributed by atoms with van der Waals surface area (Å²) in [5.74, 6) is -0.378. The van der Waals surface area contributed by atoms with Crippen LogP contribution in [0.2, 0.25) is 0 Å². The van der Waals surface area contributed by atoms with Crippen LogP contribution in [0.4, 0.5) is 0 Å². The quantitative estimate of drug-likeness (QED) is 0.753. The van der Waals surface area contributed by atoms with Gasteiger partial charge in [-0.15, -0.1) is 0 Å². The fraction of sp³-hybridized carbons (Fsp3) is 0.143. The van der Waals surface area contributed by atoms with E-state index in [1.807, 2.05) is 30.3 Å². The Bertz CT molecular complexity index is 981. The highest BCUT2D eigenvalue weighted by molar-refractivity contribution is 5.97. The van der Waals surface area contributed by atoms with Gasteiger partial charge in [-0.25, -0.2) is 4.79 Å². The number of rotatable bonds is 5. The number of hydrogen-bond donors (Lipinski definition) is 1. The number of carboxylic acids is 1. The van der Waals surface area contributed by atoms with Crippen LogP contribution < -0.4 is 4.74 Å². The molecule has 1 N–H and O–H groups in total. The van der Waals surface area contributed by atoms with Gasteiger partial charge >= 0.3 is 5.97 Å². The predicted octanol–water partition coefficient (Wildman–Crippen LogP) is 4.15. The largest absolute Gasteiger partial charge is 0.489 e. The summed E-state index contributed by atoms with van der Waals surface area (Å²) in [4.78, 5) is 11.7. The first-order valence-electron chi connectivity index (χ1n) is 8.12. The molecule has 0 atom stereocenters. The molecule has 5 heteroatoms. The van der Waals surface area contributed by atoms with Gasteiger partial charge in [0.05, 0.1) is 5.56 Å². The molecule has 130 valence electrons. The summed E-state index contributed by atoms with van der Waals surface area (Å²) >= 11 is 0. The molecular formula is C21H18N2O3. The number of nitrogens with zero attached hydrogens (tertiary/aromatic N) is 2. The summed E-state index contributed by atoms with van der Waals surface area (Å²) < 4.78 is 7.30. The topological polar surface area (TPSA) is 75.2 Å². The molecule has 2 aromatic carbocycles. The van der Waals surface area contributed by atoms with Crippen molar-refractivity contribution in [2.75, 3.05) is 0 Å². The lowest BCUT2D eigenvalue weighted by atomic mass is 10.0. The Morgan fingerprint density at radius 1 is 1.15 bits per heavy atom. The van der Waals surface area contributed by atoms with Crippen molar-refractivity contribution in [2.24, 2.45) is 7.05 Å². The third-order valence-corrected chi connectivity index (χ3v) is 4.39. The number of aromatic carboxylic acids is 1. The van der Waals surface area contributed by atoms with Gasteiger partial charge in [0.1, 0.15) is 24.1 Å². The van der Waals surface area contributed by atoms with Gasteiger partial charge in [0.2, 0.25) is 0 Å². The molecule has 0 bridgehead atoms. The minimum Gasteiger partial charge on any atom is -0.489 e. The van der Waals surface area contributed by atoms with Crippen molar-refractivity contribution in [3.63, 3.8) is 0 Å². The summed E-state index contributed by atoms with van der Waals surface area (Å²) in [6.07, 6.45) is 0. The van der Waals surface area contributed by atoms with E-state index < -0.39 is 5.97 Å². The van der Waals surface area contributed by atoms with E-state index >= 15 is 0 Å². The van der Waals surface area contributed by atoms with E-state index in [-0.39, 0.29) is 5.69 Å². The zero-order valence-corrected chi connectivity index (χ0v) is 14.6. The Balaban J connectivity index is 1.91. The molecule has 1 heterocycles. The number of aromatic nitrogens is 1. The maximum Gasteiger partial charge on any atom is 0.353 e. The van der Waals surface area contributed by atoms with Gasteiger partial charge in [-0.3, -0.25) is 0 Å². The second kappa shape index (κ2) is 7.16. The fourth-order valence-electron chi connectivity index (χ4n) is 2.93. The lowest BCUT2D eigenvalue weighted by Gasteiger charge is -2.08. The van der Waals surface area contributed by atoms with Crippen molar-refractivity contribution in [3.05, 3.63) is 77.1 Å². The van der Waals surface area contributed by atoms with Crippen LogP contribution in [0.25, 0.3) is 11.1 Å². The second-order valence-corrected chi connectivity index (χ2v) is 5.96. The van der Waals surface area contributed by atoms with E-state index in [1.165, 1.54) is 4.57 Å². The number of nitriles is 1. The average Bonchev–Trinajstić information content (AvgIpc) is 2.92. The lowest BCUT2D eigenvalue weighted by Crippen LogP contribution is -2.06. The first-order valence-corrected chi connectivity index (χ1v) is 8.12. The van der Waals surface area contributed by atoms with Gasteiger partial charge in [0, 0.05) is 18.3 Å². The van der Waals surface area contributed by atoms with Crippen LogP contribution in [0, 0.1) is 18.3 Å². The maximum absolute atomic E-state index is 11.7. The van der Waals surface area contributed by atoms with Crippen molar-refractivity contribution in [2.45, 2.75) is 13.5 Å². The highest BCUT2D eigenvalue weighted by Crippen LogP contribution is 2.33. The fourth-order valence-corrected chi connectivity index (χ4v) is 2.93. The molecule has 5 nitrogen and oxygen atoms in total. The van der Waals surface area contributed by atoms with Crippen LogP contribution >= 0.6 is 0 Å². The zero-order valence-electron chi connectivity index (χ0n) is 14.6. The Morgan fingerprint density at radius 3 is 2.38 bits per heavy atom. The molecule has 3 aromatic rings. The van der Waals surface area contributed by atoms with Crippen LogP contribution in [0.5, 0.6) is 5.75 Å². The Kier molecular flexibility index (Phi) is 4.76. The van der Waals surface area contributed by atoms with Crippen molar-refractivity contribution in [3.8, 4) is 22.9 Å². The molecule has 0 unspecified atom stereocenters. The second-order valence-electron chi connectivity index (χ2n) is 5.96. The molecule has 0 aliphatic heterocycles. The molecule has 0 fully saturated rings. The first-order chi connectivity index (χ1) is 12.5. The van der Waals surface area contributed by atoms with Gasteiger partial charge in [-0.05, 0) is 30.2 Å². The Labute approximate surface area is 151 Å². The molecule has 0 spiro atoms. The van der Waals surface area contributed by atoms with Crippen LogP contribution in [0.3, 0.4) is 0 Å². The smallest absolute Gasteiger partial charge is 0.353 e. The monoisotopic (exact) mass is 346 g/mol. The third-order valence-electron chi connectivity index (χ3n) is 4.39. The molecule has 0 aliphatic carbocycles. The van der Waals surface area contributed by atoms with Crippen LogP contribution in [-0.4, -0.2) is 15.6 Å². The van der Waals surface area contributed by atoms with E-state index in [4.69, 9.17) is 4.74 Å².